The molecule has 2 N–H and O–H groups in total. The number of rotatable bonds is 0. The first-order valence-corrected chi connectivity index (χ1v) is 1.80. The normalized spacial score (nSPS) is 7.00. The van der Waals surface area contributed by atoms with Gasteiger partial charge in [-0.3, -0.25) is 4.79 Å². The Morgan fingerprint density at radius 2 is 2.43 bits per heavy atom. The van der Waals surface area contributed by atoms with E-state index >= 15 is 0 Å². The number of nitrogens with zero attached hydrogens (tertiary/aromatic N) is 2. The van der Waals surface area contributed by atoms with E-state index in [1.165, 1.54) is 6.19 Å². The smallest absolute Gasteiger partial charge is 0.259 e. The third kappa shape index (κ3) is 2.03. The molecule has 0 unspecified atom stereocenters. The fraction of sp³-hybridized carbons (Fsp3) is 0. The summed E-state index contributed by atoms with van der Waals surface area (Å²) in [5, 5.41) is 7.35. The van der Waals surface area contributed by atoms with Gasteiger partial charge in [0.2, 0.25) is 6.19 Å². The number of nitriles is 1. The Balaban J connectivity index is 3.63. The van der Waals surface area contributed by atoms with Crippen molar-refractivity contribution in [1.29, 1.82) is 5.26 Å². The first kappa shape index (κ1) is 6.27. The van der Waals surface area contributed by atoms with Crippen LogP contribution in [0.2, 0.25) is 0 Å². The van der Waals surface area contributed by atoms with Gasteiger partial charge in [0.25, 0.3) is 0 Å². The number of amides is 1. The van der Waals surface area contributed by atoms with Crippen LogP contribution in [0.1, 0.15) is 0 Å². The van der Waals surface area contributed by atoms with E-state index in [1.54, 1.807) is 0 Å². The van der Waals surface area contributed by atoms with Gasteiger partial charge in [-0.15, -0.1) is 0 Å². The first-order valence-electron chi connectivity index (χ1n) is 1.36. The van der Waals surface area contributed by atoms with Crippen LogP contribution in [0.3, 0.4) is 0 Å². The fourth-order valence-corrected chi connectivity index (χ4v) is 0.0875. The minimum Gasteiger partial charge on any atom is -0.259 e. The molecule has 0 aromatic carbocycles. The summed E-state index contributed by atoms with van der Waals surface area (Å²) in [6.45, 7) is 0. The molecule has 4 nitrogen and oxygen atoms in total. The second kappa shape index (κ2) is 2.44. The second-order valence-corrected chi connectivity index (χ2v) is 1.14. The molecule has 0 saturated carbocycles. The highest BCUT2D eigenvalue weighted by Crippen LogP contribution is 1.82. The Morgan fingerprint density at radius 3 is 2.43 bits per heavy atom. The van der Waals surface area contributed by atoms with Gasteiger partial charge in [-0.25, -0.2) is 5.84 Å². The number of hydrazine groups is 1. The monoisotopic (exact) mass is 117 g/mol. The topological polar surface area (TPSA) is 70.1 Å². The molecular weight excluding hydrogens is 114 g/mol. The highest BCUT2D eigenvalue weighted by atomic mass is 32.1. The minimum atomic E-state index is -0.762. The molecule has 0 aromatic rings. The summed E-state index contributed by atoms with van der Waals surface area (Å²) in [7, 11) is 0. The van der Waals surface area contributed by atoms with Crippen molar-refractivity contribution in [2.24, 2.45) is 5.84 Å². The fourth-order valence-electron chi connectivity index (χ4n) is 0.0428. The van der Waals surface area contributed by atoms with Crippen LogP contribution in [0.25, 0.3) is 0 Å². The van der Waals surface area contributed by atoms with Crippen LogP contribution in [0.15, 0.2) is 0 Å². The highest BCUT2D eigenvalue weighted by Gasteiger charge is 1.97. The molecule has 0 atom stereocenters. The summed E-state index contributed by atoms with van der Waals surface area (Å²) in [6, 6.07) is 0. The summed E-state index contributed by atoms with van der Waals surface area (Å²) in [4.78, 5) is 9.82. The molecule has 0 aromatic heterocycles. The maximum Gasteiger partial charge on any atom is 0.306 e. The largest absolute Gasteiger partial charge is 0.306 e. The average molecular weight is 117 g/mol. The van der Waals surface area contributed by atoms with Gasteiger partial charge in [-0.2, -0.15) is 10.3 Å². The third-order valence-corrected chi connectivity index (χ3v) is 0.529. The number of carbonyl (C=O) groups is 1. The molecule has 0 rings (SSSR count). The van der Waals surface area contributed by atoms with Gasteiger partial charge in [-0.1, -0.05) is 12.6 Å². The summed E-state index contributed by atoms with van der Waals surface area (Å²) in [6.07, 6.45) is 1.35. The number of hydrogen-bond acceptors (Lipinski definition) is 3. The van der Waals surface area contributed by atoms with E-state index in [1.807, 2.05) is 0 Å². The lowest BCUT2D eigenvalue weighted by atomic mass is 11.1. The number of carbonyl (C=O) groups excluding carboxylic acids is 1. The van der Waals surface area contributed by atoms with Crippen molar-refractivity contribution >= 4 is 17.9 Å². The number of hydrogen-bond donors (Lipinski definition) is 2. The van der Waals surface area contributed by atoms with Gasteiger partial charge < -0.3 is 0 Å². The molecule has 0 heterocycles. The molecule has 5 heteroatoms. The highest BCUT2D eigenvalue weighted by molar-refractivity contribution is 7.96. The molecule has 0 radical (unpaired) electrons. The molecule has 0 aliphatic carbocycles. The van der Waals surface area contributed by atoms with Crippen molar-refractivity contribution in [1.82, 2.24) is 5.01 Å². The SMILES string of the molecule is N#CN(N)C(=O)S. The van der Waals surface area contributed by atoms with E-state index < -0.39 is 5.24 Å². The molecule has 7 heavy (non-hydrogen) atoms. The molecule has 0 bridgehead atoms. The quantitative estimate of drug-likeness (QED) is 0.114. The van der Waals surface area contributed by atoms with E-state index in [0.717, 1.165) is 0 Å². The van der Waals surface area contributed by atoms with E-state index in [4.69, 9.17) is 5.26 Å². The molecule has 1 amide bonds. The first-order chi connectivity index (χ1) is 3.18. The predicted molar refractivity (Wildman–Crippen MR) is 26.0 cm³/mol. The molecule has 0 spiro atoms. The van der Waals surface area contributed by atoms with E-state index in [0.29, 0.717) is 5.01 Å². The third-order valence-electron chi connectivity index (χ3n) is 0.314. The Hall–Kier alpha value is -0.730. The van der Waals surface area contributed by atoms with Crippen LogP contribution in [0.4, 0.5) is 4.79 Å². The van der Waals surface area contributed by atoms with Crippen LogP contribution in [0, 0.1) is 11.5 Å². The molecule has 0 aliphatic heterocycles. The van der Waals surface area contributed by atoms with Crippen molar-refractivity contribution < 1.29 is 4.79 Å². The Kier molecular flexibility index (Phi) is 2.19. The molecule has 0 fully saturated rings. The minimum absolute atomic E-state index is 0.323. The van der Waals surface area contributed by atoms with Crippen molar-refractivity contribution in [3.8, 4) is 6.19 Å². The van der Waals surface area contributed by atoms with E-state index in [-0.39, 0.29) is 0 Å². The predicted octanol–water partition coefficient (Wildman–Crippen LogP) is -0.307. The van der Waals surface area contributed by atoms with Gasteiger partial charge in [0.05, 0.1) is 0 Å². The molecule has 0 saturated heterocycles. The van der Waals surface area contributed by atoms with Gasteiger partial charge in [0, 0.05) is 0 Å². The van der Waals surface area contributed by atoms with E-state index in [9.17, 15) is 4.79 Å². The summed E-state index contributed by atoms with van der Waals surface area (Å²) >= 11 is 3.21. The summed E-state index contributed by atoms with van der Waals surface area (Å²) < 4.78 is 0. The molecule has 0 aliphatic rings. The van der Waals surface area contributed by atoms with Crippen LogP contribution in [-0.4, -0.2) is 10.2 Å². The van der Waals surface area contributed by atoms with Gasteiger partial charge >= 0.3 is 5.24 Å². The van der Waals surface area contributed by atoms with Crippen LogP contribution in [-0.2, 0) is 0 Å². The van der Waals surface area contributed by atoms with Crippen molar-refractivity contribution in [3.05, 3.63) is 0 Å². The van der Waals surface area contributed by atoms with Gasteiger partial charge in [0.15, 0.2) is 0 Å². The Labute approximate surface area is 45.9 Å². The van der Waals surface area contributed by atoms with Crippen LogP contribution in [0.5, 0.6) is 0 Å². The average Bonchev–Trinajstić information content (AvgIpc) is 1.65. The summed E-state index contributed by atoms with van der Waals surface area (Å²) in [5.74, 6) is 4.66. The van der Waals surface area contributed by atoms with E-state index in [2.05, 4.69) is 18.5 Å². The molecule has 38 valence electrons. The maximum absolute atomic E-state index is 9.82. The maximum atomic E-state index is 9.82. The van der Waals surface area contributed by atoms with Crippen molar-refractivity contribution in [2.75, 3.05) is 0 Å². The van der Waals surface area contributed by atoms with Crippen molar-refractivity contribution in [2.45, 2.75) is 0 Å². The van der Waals surface area contributed by atoms with Gasteiger partial charge in [0.1, 0.15) is 0 Å². The molecular formula is C2H3N3OS. The Morgan fingerprint density at radius 1 is 2.00 bits per heavy atom. The lowest BCUT2D eigenvalue weighted by molar-refractivity contribution is 0.242. The number of thiol groups is 1. The van der Waals surface area contributed by atoms with Gasteiger partial charge in [-0.05, 0) is 0 Å². The lowest BCUT2D eigenvalue weighted by Crippen LogP contribution is -2.27. The zero-order valence-corrected chi connectivity index (χ0v) is 4.22. The van der Waals surface area contributed by atoms with Crippen molar-refractivity contribution in [3.63, 3.8) is 0 Å². The zero-order valence-electron chi connectivity index (χ0n) is 3.33. The summed E-state index contributed by atoms with van der Waals surface area (Å²) in [5.41, 5.74) is 0. The zero-order chi connectivity index (χ0) is 5.86. The lowest BCUT2D eigenvalue weighted by Gasteiger charge is -1.95. The van der Waals surface area contributed by atoms with Crippen LogP contribution >= 0.6 is 12.6 Å². The van der Waals surface area contributed by atoms with Crippen LogP contribution < -0.4 is 5.84 Å². The standard InChI is InChI=1S/C2H3N3OS/c3-1-5(4)2(6)7/h4H2,(H,6,7). The second-order valence-electron chi connectivity index (χ2n) is 0.753. The number of nitrogens with two attached hydrogens (primary N) is 1. The Bertz CT molecular complexity index is 117.